The smallest absolute Gasteiger partial charge is 0.126 e. The van der Waals surface area contributed by atoms with E-state index in [2.05, 4.69) is 24.3 Å². The van der Waals surface area contributed by atoms with Gasteiger partial charge < -0.3 is 4.74 Å². The Kier molecular flexibility index (Phi) is 5.86. The van der Waals surface area contributed by atoms with Crippen LogP contribution in [0.15, 0.2) is 42.5 Å². The van der Waals surface area contributed by atoms with Crippen molar-refractivity contribution in [3.63, 3.8) is 0 Å². The molecule has 0 saturated carbocycles. The molecule has 5 heteroatoms. The molecule has 2 aliphatic heterocycles. The monoisotopic (exact) mass is 376 g/mol. The maximum absolute atomic E-state index is 14.1. The van der Waals surface area contributed by atoms with E-state index >= 15 is 0 Å². The van der Waals surface area contributed by atoms with Crippen molar-refractivity contribution in [3.05, 3.63) is 65.0 Å². The van der Waals surface area contributed by atoms with E-state index in [1.54, 1.807) is 12.1 Å². The van der Waals surface area contributed by atoms with Gasteiger partial charge in [0.15, 0.2) is 0 Å². The number of ether oxygens (including phenoxy) is 1. The number of benzene rings is 2. The fraction of sp³-hybridized carbons (Fsp3) is 0.429. The van der Waals surface area contributed by atoms with Gasteiger partial charge in [-0.05, 0) is 55.4 Å². The first-order valence-corrected chi connectivity index (χ1v) is 9.16. The molecule has 2 aromatic rings. The number of nitrogens with two attached hydrogens (primary N) is 1. The molecule has 1 unspecified atom stereocenters. The first-order chi connectivity index (χ1) is 12.1. The Morgan fingerprint density at radius 1 is 1.23 bits per heavy atom. The summed E-state index contributed by atoms with van der Waals surface area (Å²) >= 11 is 0. The predicted octanol–water partition coefficient (Wildman–Crippen LogP) is 4.44. The Labute approximate surface area is 160 Å². The minimum absolute atomic E-state index is 0. The average molecular weight is 377 g/mol. The van der Waals surface area contributed by atoms with Gasteiger partial charge in [0.05, 0.1) is 6.04 Å². The van der Waals surface area contributed by atoms with Crippen LogP contribution in [0.3, 0.4) is 0 Å². The molecule has 1 fully saturated rings. The van der Waals surface area contributed by atoms with Crippen molar-refractivity contribution in [1.29, 1.82) is 0 Å². The molecule has 0 aromatic heterocycles. The first-order valence-electron chi connectivity index (χ1n) is 9.16. The first kappa shape index (κ1) is 19.2. The molecule has 0 aliphatic carbocycles. The van der Waals surface area contributed by atoms with E-state index in [9.17, 15) is 4.39 Å². The van der Waals surface area contributed by atoms with Gasteiger partial charge in [0.2, 0.25) is 0 Å². The number of rotatable bonds is 3. The zero-order valence-electron chi connectivity index (χ0n) is 15.0. The van der Waals surface area contributed by atoms with Crippen LogP contribution in [-0.4, -0.2) is 17.7 Å². The van der Waals surface area contributed by atoms with Gasteiger partial charge in [0.1, 0.15) is 17.7 Å². The molecule has 0 spiro atoms. The fourth-order valence-corrected chi connectivity index (χ4v) is 4.43. The number of hydrazine groups is 1. The molecule has 3 atom stereocenters. The summed E-state index contributed by atoms with van der Waals surface area (Å²) in [6, 6.07) is 13.8. The average Bonchev–Trinajstić information content (AvgIpc) is 2.96. The van der Waals surface area contributed by atoms with Crippen molar-refractivity contribution >= 4 is 12.4 Å². The van der Waals surface area contributed by atoms with Crippen LogP contribution in [-0.2, 0) is 12.8 Å². The Bertz CT molecular complexity index is 755. The van der Waals surface area contributed by atoms with Crippen molar-refractivity contribution in [2.75, 3.05) is 6.54 Å². The molecule has 140 valence electrons. The molecule has 26 heavy (non-hydrogen) atoms. The normalized spacial score (nSPS) is 25.3. The van der Waals surface area contributed by atoms with Gasteiger partial charge >= 0.3 is 0 Å². The summed E-state index contributed by atoms with van der Waals surface area (Å²) in [6.45, 7) is 2.93. The lowest BCUT2D eigenvalue weighted by Gasteiger charge is -2.39. The number of nitrogens with zero attached hydrogens (tertiary/aromatic N) is 1. The molecular formula is C21H26ClFN2O. The maximum atomic E-state index is 14.1. The minimum Gasteiger partial charge on any atom is -0.490 e. The van der Waals surface area contributed by atoms with E-state index in [0.29, 0.717) is 5.92 Å². The van der Waals surface area contributed by atoms with E-state index in [4.69, 9.17) is 10.6 Å². The van der Waals surface area contributed by atoms with Gasteiger partial charge in [-0.1, -0.05) is 30.3 Å². The van der Waals surface area contributed by atoms with Crippen LogP contribution in [0.25, 0.3) is 0 Å². The SMILES string of the molecule is C[C@H]1Cc2cc(F)cc(C[C@@H]3CCCN(N)C3c3ccccc3)c2O1.Cl. The van der Waals surface area contributed by atoms with Gasteiger partial charge in [0, 0.05) is 18.5 Å². The zero-order chi connectivity index (χ0) is 17.4. The molecule has 0 radical (unpaired) electrons. The predicted molar refractivity (Wildman–Crippen MR) is 104 cm³/mol. The molecule has 2 heterocycles. The number of hydrogen-bond donors (Lipinski definition) is 1. The Morgan fingerprint density at radius 3 is 2.77 bits per heavy atom. The number of piperidine rings is 1. The molecule has 4 rings (SSSR count). The highest BCUT2D eigenvalue weighted by Crippen LogP contribution is 2.40. The van der Waals surface area contributed by atoms with Crippen LogP contribution in [0.1, 0.15) is 42.5 Å². The fourth-order valence-electron chi connectivity index (χ4n) is 4.43. The van der Waals surface area contributed by atoms with Crippen LogP contribution < -0.4 is 10.6 Å². The topological polar surface area (TPSA) is 38.5 Å². The molecule has 1 saturated heterocycles. The van der Waals surface area contributed by atoms with E-state index in [-0.39, 0.29) is 30.4 Å². The largest absolute Gasteiger partial charge is 0.490 e. The van der Waals surface area contributed by atoms with Crippen LogP contribution in [0.2, 0.25) is 0 Å². The summed E-state index contributed by atoms with van der Waals surface area (Å²) in [4.78, 5) is 0. The third-order valence-corrected chi connectivity index (χ3v) is 5.45. The van der Waals surface area contributed by atoms with Crippen LogP contribution in [0.5, 0.6) is 5.75 Å². The quantitative estimate of drug-likeness (QED) is 0.805. The van der Waals surface area contributed by atoms with E-state index in [1.807, 2.05) is 18.0 Å². The third-order valence-electron chi connectivity index (χ3n) is 5.45. The highest BCUT2D eigenvalue weighted by atomic mass is 35.5. The van der Waals surface area contributed by atoms with Gasteiger partial charge in [-0.15, -0.1) is 12.4 Å². The van der Waals surface area contributed by atoms with Crippen LogP contribution in [0.4, 0.5) is 4.39 Å². The second kappa shape index (κ2) is 7.95. The lowest BCUT2D eigenvalue weighted by atomic mass is 9.81. The summed E-state index contributed by atoms with van der Waals surface area (Å²) < 4.78 is 20.1. The molecule has 0 amide bonds. The number of fused-ring (bicyclic) bond motifs is 1. The van der Waals surface area contributed by atoms with Crippen molar-refractivity contribution in [1.82, 2.24) is 5.01 Å². The summed E-state index contributed by atoms with van der Waals surface area (Å²) in [5.41, 5.74) is 3.22. The Balaban J connectivity index is 0.00000196. The molecular weight excluding hydrogens is 351 g/mol. The van der Waals surface area contributed by atoms with Gasteiger partial charge in [-0.25, -0.2) is 9.40 Å². The molecule has 2 aliphatic rings. The lowest BCUT2D eigenvalue weighted by molar-refractivity contribution is 0.0920. The summed E-state index contributed by atoms with van der Waals surface area (Å²) in [5.74, 6) is 7.44. The summed E-state index contributed by atoms with van der Waals surface area (Å²) in [6.07, 6.45) is 3.86. The maximum Gasteiger partial charge on any atom is 0.126 e. The van der Waals surface area contributed by atoms with Crippen LogP contribution >= 0.6 is 12.4 Å². The van der Waals surface area contributed by atoms with Crippen LogP contribution in [0, 0.1) is 11.7 Å². The Hall–Kier alpha value is -1.62. The second-order valence-electron chi connectivity index (χ2n) is 7.39. The summed E-state index contributed by atoms with van der Waals surface area (Å²) in [5, 5.41) is 1.95. The van der Waals surface area contributed by atoms with Gasteiger partial charge in [-0.2, -0.15) is 0 Å². The highest BCUT2D eigenvalue weighted by Gasteiger charge is 2.33. The standard InChI is InChI=1S/C21H25FN2O.ClH/c1-14-10-17-12-19(22)13-18(21(17)25-14)11-16-8-5-9-24(23)20(16)15-6-3-2-4-7-15;/h2-4,6-7,12-14,16,20H,5,8-11,23H2,1H3;1H/t14-,16-,20?;/m0./s1. The number of halogens is 2. The summed E-state index contributed by atoms with van der Waals surface area (Å²) in [7, 11) is 0. The van der Waals surface area contributed by atoms with Crippen molar-refractivity contribution in [2.45, 2.75) is 44.8 Å². The minimum atomic E-state index is -0.164. The van der Waals surface area contributed by atoms with Gasteiger partial charge in [-0.3, -0.25) is 5.84 Å². The molecule has 3 nitrogen and oxygen atoms in total. The van der Waals surface area contributed by atoms with Gasteiger partial charge in [0.25, 0.3) is 0 Å². The van der Waals surface area contributed by atoms with E-state index in [0.717, 1.165) is 49.1 Å². The lowest BCUT2D eigenvalue weighted by Crippen LogP contribution is -2.44. The zero-order valence-corrected chi connectivity index (χ0v) is 15.8. The Morgan fingerprint density at radius 2 is 2.00 bits per heavy atom. The second-order valence-corrected chi connectivity index (χ2v) is 7.39. The molecule has 0 bridgehead atoms. The highest BCUT2D eigenvalue weighted by molar-refractivity contribution is 5.85. The van der Waals surface area contributed by atoms with Crippen molar-refractivity contribution in [2.24, 2.45) is 11.8 Å². The van der Waals surface area contributed by atoms with Crippen molar-refractivity contribution in [3.8, 4) is 5.75 Å². The molecule has 2 N–H and O–H groups in total. The van der Waals surface area contributed by atoms with Crippen molar-refractivity contribution < 1.29 is 9.13 Å². The van der Waals surface area contributed by atoms with E-state index in [1.165, 1.54) is 5.56 Å². The molecule has 2 aromatic carbocycles. The third kappa shape index (κ3) is 3.73. The van der Waals surface area contributed by atoms with E-state index < -0.39 is 0 Å². The number of hydrogen-bond acceptors (Lipinski definition) is 3.